The Morgan fingerprint density at radius 1 is 1.19 bits per heavy atom. The second kappa shape index (κ2) is 7.92. The molecular formula is C18H18N4O3S. The van der Waals surface area contributed by atoms with Gasteiger partial charge >= 0.3 is 6.03 Å². The number of rotatable bonds is 6. The normalized spacial score (nSPS) is 10.7. The zero-order valence-electron chi connectivity index (χ0n) is 14.1. The number of imidazole rings is 1. The number of para-hydroxylation sites is 2. The summed E-state index contributed by atoms with van der Waals surface area (Å²) >= 11 is 1.23. The summed E-state index contributed by atoms with van der Waals surface area (Å²) in [5, 5.41) is 2.70. The van der Waals surface area contributed by atoms with Crippen molar-refractivity contribution in [3.8, 4) is 11.4 Å². The van der Waals surface area contributed by atoms with E-state index in [-0.39, 0.29) is 5.75 Å². The van der Waals surface area contributed by atoms with E-state index < -0.39 is 11.9 Å². The number of fused-ring (bicyclic) bond motifs is 1. The van der Waals surface area contributed by atoms with Crippen LogP contribution >= 0.6 is 11.8 Å². The highest BCUT2D eigenvalue weighted by Crippen LogP contribution is 2.28. The minimum Gasteiger partial charge on any atom is -0.494 e. The molecule has 3 amide bonds. The number of amides is 3. The first-order valence-corrected chi connectivity index (χ1v) is 9.00. The van der Waals surface area contributed by atoms with Gasteiger partial charge in [-0.1, -0.05) is 23.9 Å². The summed E-state index contributed by atoms with van der Waals surface area (Å²) in [6.07, 6.45) is 0. The highest BCUT2D eigenvalue weighted by molar-refractivity contribution is 7.99. The summed E-state index contributed by atoms with van der Waals surface area (Å²) in [4.78, 5) is 27.1. The number of carbonyl (C=O) groups is 2. The van der Waals surface area contributed by atoms with Gasteiger partial charge in [0.25, 0.3) is 0 Å². The molecule has 0 bridgehead atoms. The van der Waals surface area contributed by atoms with E-state index in [9.17, 15) is 9.59 Å². The zero-order valence-corrected chi connectivity index (χ0v) is 15.0. The molecule has 0 aliphatic heterocycles. The van der Waals surface area contributed by atoms with Crippen molar-refractivity contribution < 1.29 is 14.3 Å². The molecule has 0 atom stereocenters. The van der Waals surface area contributed by atoms with Crippen LogP contribution in [0.2, 0.25) is 0 Å². The third-order valence-electron chi connectivity index (χ3n) is 3.53. The summed E-state index contributed by atoms with van der Waals surface area (Å²) in [6, 6.07) is 14.5. The molecule has 0 fully saturated rings. The number of urea groups is 1. The van der Waals surface area contributed by atoms with Gasteiger partial charge in [-0.05, 0) is 43.3 Å². The van der Waals surface area contributed by atoms with Gasteiger partial charge in [0.15, 0.2) is 5.16 Å². The zero-order chi connectivity index (χ0) is 18.5. The number of nitrogens with one attached hydrogen (secondary N) is 1. The molecule has 0 saturated heterocycles. The minimum atomic E-state index is -0.865. The number of thioether (sulfide) groups is 1. The lowest BCUT2D eigenvalue weighted by atomic mass is 10.2. The Morgan fingerprint density at radius 2 is 1.92 bits per heavy atom. The predicted molar refractivity (Wildman–Crippen MR) is 101 cm³/mol. The van der Waals surface area contributed by atoms with Crippen molar-refractivity contribution in [3.05, 3.63) is 48.5 Å². The third kappa shape index (κ3) is 3.97. The number of carbonyl (C=O) groups excluding carboxylic acids is 2. The number of nitrogens with two attached hydrogens (primary N) is 1. The van der Waals surface area contributed by atoms with Crippen LogP contribution in [0.15, 0.2) is 53.7 Å². The Labute approximate surface area is 154 Å². The molecule has 0 aliphatic rings. The maximum atomic E-state index is 11.7. The molecule has 1 heterocycles. The maximum absolute atomic E-state index is 11.7. The van der Waals surface area contributed by atoms with Gasteiger partial charge in [0.05, 0.1) is 23.4 Å². The molecule has 3 rings (SSSR count). The van der Waals surface area contributed by atoms with Crippen LogP contribution in [-0.2, 0) is 4.79 Å². The molecule has 0 unspecified atom stereocenters. The Kier molecular flexibility index (Phi) is 5.43. The van der Waals surface area contributed by atoms with Crippen LogP contribution in [0.4, 0.5) is 4.79 Å². The molecule has 134 valence electrons. The number of hydrogen-bond donors (Lipinski definition) is 2. The summed E-state index contributed by atoms with van der Waals surface area (Å²) in [6.45, 7) is 2.53. The predicted octanol–water partition coefficient (Wildman–Crippen LogP) is 2.71. The van der Waals surface area contributed by atoms with E-state index in [2.05, 4.69) is 10.3 Å². The van der Waals surface area contributed by atoms with E-state index in [1.165, 1.54) is 11.8 Å². The average molecular weight is 370 g/mol. The van der Waals surface area contributed by atoms with Crippen molar-refractivity contribution in [2.24, 2.45) is 5.73 Å². The second-order valence-corrected chi connectivity index (χ2v) is 6.29. The quantitative estimate of drug-likeness (QED) is 0.650. The number of benzene rings is 2. The summed E-state index contributed by atoms with van der Waals surface area (Å²) in [5.41, 5.74) is 7.62. The van der Waals surface area contributed by atoms with E-state index in [0.717, 1.165) is 22.5 Å². The number of aromatic nitrogens is 2. The van der Waals surface area contributed by atoms with Crippen LogP contribution in [0.1, 0.15) is 6.92 Å². The number of ether oxygens (including phenoxy) is 1. The van der Waals surface area contributed by atoms with Gasteiger partial charge in [0, 0.05) is 5.69 Å². The molecular weight excluding hydrogens is 352 g/mol. The van der Waals surface area contributed by atoms with E-state index >= 15 is 0 Å². The first-order chi connectivity index (χ1) is 12.6. The lowest BCUT2D eigenvalue weighted by molar-refractivity contribution is -0.117. The molecule has 3 aromatic rings. The van der Waals surface area contributed by atoms with Crippen LogP contribution in [-0.4, -0.2) is 33.8 Å². The smallest absolute Gasteiger partial charge is 0.318 e. The molecule has 0 spiro atoms. The van der Waals surface area contributed by atoms with Crippen molar-refractivity contribution in [1.29, 1.82) is 0 Å². The van der Waals surface area contributed by atoms with Crippen LogP contribution in [0.5, 0.6) is 5.75 Å². The minimum absolute atomic E-state index is 0.0310. The summed E-state index contributed by atoms with van der Waals surface area (Å²) in [7, 11) is 0. The number of nitrogens with zero attached hydrogens (tertiary/aromatic N) is 2. The fourth-order valence-corrected chi connectivity index (χ4v) is 3.34. The highest BCUT2D eigenvalue weighted by atomic mass is 32.2. The number of hydrogen-bond acceptors (Lipinski definition) is 5. The lowest BCUT2D eigenvalue weighted by Gasteiger charge is -2.10. The molecule has 1 aromatic heterocycles. The monoisotopic (exact) mass is 370 g/mol. The van der Waals surface area contributed by atoms with E-state index in [0.29, 0.717) is 11.8 Å². The Balaban J connectivity index is 1.94. The van der Waals surface area contributed by atoms with Crippen LogP contribution in [0.25, 0.3) is 16.7 Å². The lowest BCUT2D eigenvalue weighted by Crippen LogP contribution is -2.36. The first kappa shape index (κ1) is 17.8. The van der Waals surface area contributed by atoms with Crippen molar-refractivity contribution >= 4 is 34.7 Å². The van der Waals surface area contributed by atoms with Gasteiger partial charge in [-0.15, -0.1) is 0 Å². The maximum Gasteiger partial charge on any atom is 0.318 e. The molecule has 3 N–H and O–H groups in total. The Hall–Kier alpha value is -3.00. The van der Waals surface area contributed by atoms with E-state index in [1.807, 2.05) is 60.0 Å². The van der Waals surface area contributed by atoms with Gasteiger partial charge in [-0.2, -0.15) is 0 Å². The standard InChI is InChI=1S/C18H18N4O3S/c1-2-25-13-9-7-12(8-10-13)22-15-6-4-3-5-14(15)20-18(22)26-11-16(23)21-17(19)24/h3-10H,2,11H2,1H3,(H3,19,21,23,24). The summed E-state index contributed by atoms with van der Waals surface area (Å²) in [5.74, 6) is 0.354. The molecule has 8 heteroatoms. The van der Waals surface area contributed by atoms with Gasteiger partial charge < -0.3 is 10.5 Å². The molecule has 0 saturated carbocycles. The van der Waals surface area contributed by atoms with Gasteiger partial charge in [-0.3, -0.25) is 14.7 Å². The fourth-order valence-electron chi connectivity index (χ4n) is 2.51. The largest absolute Gasteiger partial charge is 0.494 e. The van der Waals surface area contributed by atoms with Crippen molar-refractivity contribution in [1.82, 2.24) is 14.9 Å². The van der Waals surface area contributed by atoms with E-state index in [4.69, 9.17) is 10.5 Å². The molecule has 0 radical (unpaired) electrons. The van der Waals surface area contributed by atoms with E-state index in [1.54, 1.807) is 0 Å². The Morgan fingerprint density at radius 3 is 2.62 bits per heavy atom. The molecule has 7 nitrogen and oxygen atoms in total. The van der Waals surface area contributed by atoms with Crippen molar-refractivity contribution in [2.45, 2.75) is 12.1 Å². The molecule has 2 aromatic carbocycles. The third-order valence-corrected chi connectivity index (χ3v) is 4.47. The topological polar surface area (TPSA) is 99.2 Å². The average Bonchev–Trinajstić information content (AvgIpc) is 2.99. The summed E-state index contributed by atoms with van der Waals surface area (Å²) < 4.78 is 7.45. The molecule has 26 heavy (non-hydrogen) atoms. The van der Waals surface area contributed by atoms with Crippen LogP contribution in [0, 0.1) is 0 Å². The van der Waals surface area contributed by atoms with Gasteiger partial charge in [0.2, 0.25) is 5.91 Å². The number of imide groups is 1. The molecule has 0 aliphatic carbocycles. The Bertz CT molecular complexity index is 937. The van der Waals surface area contributed by atoms with Crippen molar-refractivity contribution in [3.63, 3.8) is 0 Å². The fraction of sp³-hybridized carbons (Fsp3) is 0.167. The van der Waals surface area contributed by atoms with Gasteiger partial charge in [0.1, 0.15) is 5.75 Å². The van der Waals surface area contributed by atoms with Gasteiger partial charge in [-0.25, -0.2) is 9.78 Å². The number of primary amides is 1. The first-order valence-electron chi connectivity index (χ1n) is 8.01. The van der Waals surface area contributed by atoms with Crippen LogP contribution < -0.4 is 15.8 Å². The second-order valence-electron chi connectivity index (χ2n) is 5.35. The van der Waals surface area contributed by atoms with Crippen LogP contribution in [0.3, 0.4) is 0 Å². The highest BCUT2D eigenvalue weighted by Gasteiger charge is 2.15. The SMILES string of the molecule is CCOc1ccc(-n2c(SCC(=O)NC(N)=O)nc3ccccc32)cc1. The van der Waals surface area contributed by atoms with Crippen molar-refractivity contribution in [2.75, 3.05) is 12.4 Å².